The second-order valence-electron chi connectivity index (χ2n) is 6.48. The van der Waals surface area contributed by atoms with Gasteiger partial charge in [0.2, 0.25) is 5.91 Å². The summed E-state index contributed by atoms with van der Waals surface area (Å²) in [6.45, 7) is 5.05. The normalized spacial score (nSPS) is 20.4. The van der Waals surface area contributed by atoms with E-state index in [1.807, 2.05) is 55.5 Å². The van der Waals surface area contributed by atoms with Crippen molar-refractivity contribution in [1.29, 1.82) is 0 Å². The highest BCUT2D eigenvalue weighted by molar-refractivity contribution is 5.94. The highest BCUT2D eigenvalue weighted by Gasteiger charge is 2.25. The van der Waals surface area contributed by atoms with Crippen molar-refractivity contribution in [2.24, 2.45) is 5.92 Å². The first kappa shape index (κ1) is 16.5. The number of carbonyl (C=O) groups excluding carboxylic acids is 1. The fourth-order valence-corrected chi connectivity index (χ4v) is 3.00. The molecular weight excluding hydrogens is 300 g/mol. The monoisotopic (exact) mass is 324 g/mol. The Morgan fingerprint density at radius 2 is 1.92 bits per heavy atom. The molecule has 0 unspecified atom stereocenters. The van der Waals surface area contributed by atoms with E-state index >= 15 is 0 Å². The lowest BCUT2D eigenvalue weighted by Gasteiger charge is -2.27. The fourth-order valence-electron chi connectivity index (χ4n) is 3.00. The summed E-state index contributed by atoms with van der Waals surface area (Å²) in [6, 6.07) is 15.8. The van der Waals surface area contributed by atoms with Crippen molar-refractivity contribution >= 4 is 11.6 Å². The molecular formula is C20H24N2O2. The van der Waals surface area contributed by atoms with Crippen LogP contribution in [0.5, 0.6) is 11.5 Å². The van der Waals surface area contributed by atoms with E-state index in [-0.39, 0.29) is 11.8 Å². The maximum Gasteiger partial charge on any atom is 0.227 e. The van der Waals surface area contributed by atoms with E-state index in [9.17, 15) is 4.79 Å². The van der Waals surface area contributed by atoms with Gasteiger partial charge in [-0.1, -0.05) is 29.8 Å². The highest BCUT2D eigenvalue weighted by atomic mass is 16.5. The van der Waals surface area contributed by atoms with E-state index in [4.69, 9.17) is 4.74 Å². The molecule has 24 heavy (non-hydrogen) atoms. The molecule has 4 nitrogen and oxygen atoms in total. The van der Waals surface area contributed by atoms with Crippen molar-refractivity contribution in [3.05, 3.63) is 54.1 Å². The van der Waals surface area contributed by atoms with Crippen LogP contribution in [0, 0.1) is 12.8 Å². The topological polar surface area (TPSA) is 50.4 Å². The van der Waals surface area contributed by atoms with E-state index in [0.717, 1.165) is 25.1 Å². The van der Waals surface area contributed by atoms with Gasteiger partial charge >= 0.3 is 0 Å². The van der Waals surface area contributed by atoms with Crippen molar-refractivity contribution in [2.45, 2.75) is 32.7 Å². The van der Waals surface area contributed by atoms with Crippen LogP contribution in [0.15, 0.2) is 48.5 Å². The molecule has 1 heterocycles. The molecule has 0 saturated carbocycles. The Morgan fingerprint density at radius 1 is 1.17 bits per heavy atom. The fraction of sp³-hybridized carbons (Fsp3) is 0.350. The van der Waals surface area contributed by atoms with Crippen molar-refractivity contribution in [2.75, 3.05) is 11.9 Å². The smallest absolute Gasteiger partial charge is 0.227 e. The molecule has 4 heteroatoms. The van der Waals surface area contributed by atoms with Gasteiger partial charge < -0.3 is 15.4 Å². The van der Waals surface area contributed by atoms with Crippen LogP contribution in [0.3, 0.4) is 0 Å². The second kappa shape index (κ2) is 7.49. The lowest BCUT2D eigenvalue weighted by Crippen LogP contribution is -2.40. The maximum absolute atomic E-state index is 12.6. The second-order valence-corrected chi connectivity index (χ2v) is 6.48. The Balaban J connectivity index is 1.71. The summed E-state index contributed by atoms with van der Waals surface area (Å²) in [5.74, 6) is 1.55. The van der Waals surface area contributed by atoms with Crippen LogP contribution in [-0.4, -0.2) is 18.5 Å². The van der Waals surface area contributed by atoms with Crippen molar-refractivity contribution < 1.29 is 9.53 Å². The maximum atomic E-state index is 12.6. The van der Waals surface area contributed by atoms with Gasteiger partial charge in [-0.05, 0) is 57.5 Å². The minimum absolute atomic E-state index is 0.0497. The summed E-state index contributed by atoms with van der Waals surface area (Å²) in [7, 11) is 0. The van der Waals surface area contributed by atoms with Gasteiger partial charge in [-0.3, -0.25) is 4.79 Å². The summed E-state index contributed by atoms with van der Waals surface area (Å²) in [4.78, 5) is 12.6. The van der Waals surface area contributed by atoms with E-state index < -0.39 is 0 Å². The molecule has 0 aromatic heterocycles. The third-order valence-corrected chi connectivity index (χ3v) is 4.39. The average molecular weight is 324 g/mol. The number of nitrogens with one attached hydrogen (secondary N) is 2. The van der Waals surface area contributed by atoms with Crippen molar-refractivity contribution in [3.63, 3.8) is 0 Å². The molecule has 0 bridgehead atoms. The molecule has 3 rings (SSSR count). The first-order valence-electron chi connectivity index (χ1n) is 8.49. The molecule has 2 N–H and O–H groups in total. The van der Waals surface area contributed by atoms with E-state index in [1.165, 1.54) is 5.56 Å². The van der Waals surface area contributed by atoms with Crippen molar-refractivity contribution in [1.82, 2.24) is 5.32 Å². The van der Waals surface area contributed by atoms with Gasteiger partial charge in [0.1, 0.15) is 5.75 Å². The Kier molecular flexibility index (Phi) is 5.16. The number of amides is 1. The van der Waals surface area contributed by atoms with Crippen LogP contribution < -0.4 is 15.4 Å². The first-order chi connectivity index (χ1) is 11.6. The SMILES string of the molecule is Cc1ccc(Oc2ccccc2NC(=O)[C@H]2CCN[C@@H](C)C2)cc1. The number of anilines is 1. The number of carbonyl (C=O) groups is 1. The number of hydrogen-bond donors (Lipinski definition) is 2. The van der Waals surface area contributed by atoms with E-state index in [0.29, 0.717) is 17.5 Å². The summed E-state index contributed by atoms with van der Waals surface area (Å²) in [5, 5.41) is 6.42. The van der Waals surface area contributed by atoms with Gasteiger partial charge in [0.25, 0.3) is 0 Å². The molecule has 2 atom stereocenters. The average Bonchev–Trinajstić information content (AvgIpc) is 2.58. The summed E-state index contributed by atoms with van der Waals surface area (Å²) in [5.41, 5.74) is 1.90. The molecule has 126 valence electrons. The van der Waals surface area contributed by atoms with Crippen LogP contribution in [0.25, 0.3) is 0 Å². The zero-order valence-electron chi connectivity index (χ0n) is 14.2. The lowest BCUT2D eigenvalue weighted by atomic mass is 9.92. The number of aryl methyl sites for hydroxylation is 1. The zero-order valence-corrected chi connectivity index (χ0v) is 14.2. The molecule has 2 aromatic carbocycles. The van der Waals surface area contributed by atoms with Crippen LogP contribution >= 0.6 is 0 Å². The van der Waals surface area contributed by atoms with Crippen LogP contribution in [-0.2, 0) is 4.79 Å². The van der Waals surface area contributed by atoms with Gasteiger partial charge in [0.05, 0.1) is 5.69 Å². The van der Waals surface area contributed by atoms with Crippen LogP contribution in [0.4, 0.5) is 5.69 Å². The van der Waals surface area contributed by atoms with Gasteiger partial charge in [-0.25, -0.2) is 0 Å². The molecule has 2 aromatic rings. The highest BCUT2D eigenvalue weighted by Crippen LogP contribution is 2.30. The summed E-state index contributed by atoms with van der Waals surface area (Å²) < 4.78 is 5.95. The molecule has 1 amide bonds. The molecule has 0 aliphatic carbocycles. The summed E-state index contributed by atoms with van der Waals surface area (Å²) >= 11 is 0. The zero-order chi connectivity index (χ0) is 16.9. The van der Waals surface area contributed by atoms with Gasteiger partial charge in [0.15, 0.2) is 5.75 Å². The number of piperidine rings is 1. The number of ether oxygens (including phenoxy) is 1. The molecule has 1 aliphatic rings. The molecule has 0 spiro atoms. The summed E-state index contributed by atoms with van der Waals surface area (Å²) in [6.07, 6.45) is 1.74. The van der Waals surface area contributed by atoms with Gasteiger partial charge in [0, 0.05) is 12.0 Å². The molecule has 0 radical (unpaired) electrons. The standard InChI is InChI=1S/C20H24N2O2/c1-14-7-9-17(10-8-14)24-19-6-4-3-5-18(19)22-20(23)16-11-12-21-15(2)13-16/h3-10,15-16,21H,11-13H2,1-2H3,(H,22,23)/t15-,16-/m0/s1. The van der Waals surface area contributed by atoms with Gasteiger partial charge in [-0.15, -0.1) is 0 Å². The third-order valence-electron chi connectivity index (χ3n) is 4.39. The van der Waals surface area contributed by atoms with Crippen LogP contribution in [0.1, 0.15) is 25.3 Å². The number of rotatable bonds is 4. The number of hydrogen-bond acceptors (Lipinski definition) is 3. The minimum Gasteiger partial charge on any atom is -0.455 e. The minimum atomic E-state index is 0.0497. The Labute approximate surface area is 143 Å². The number of para-hydroxylation sites is 2. The predicted octanol–water partition coefficient (Wildman–Crippen LogP) is 4.11. The largest absolute Gasteiger partial charge is 0.455 e. The molecule has 1 aliphatic heterocycles. The number of benzene rings is 2. The Bertz CT molecular complexity index is 697. The van der Waals surface area contributed by atoms with E-state index in [2.05, 4.69) is 17.6 Å². The predicted molar refractivity (Wildman–Crippen MR) is 96.5 cm³/mol. The van der Waals surface area contributed by atoms with Crippen LogP contribution in [0.2, 0.25) is 0 Å². The molecule has 1 saturated heterocycles. The quantitative estimate of drug-likeness (QED) is 0.889. The van der Waals surface area contributed by atoms with E-state index in [1.54, 1.807) is 0 Å². The van der Waals surface area contributed by atoms with Gasteiger partial charge in [-0.2, -0.15) is 0 Å². The molecule has 1 fully saturated rings. The third kappa shape index (κ3) is 4.15. The Morgan fingerprint density at radius 3 is 2.67 bits per heavy atom. The lowest BCUT2D eigenvalue weighted by molar-refractivity contribution is -0.120. The van der Waals surface area contributed by atoms with Crippen molar-refractivity contribution in [3.8, 4) is 11.5 Å². The first-order valence-corrected chi connectivity index (χ1v) is 8.49. The Hall–Kier alpha value is -2.33.